The quantitative estimate of drug-likeness (QED) is 0.838. The molecule has 1 saturated heterocycles. The minimum atomic E-state index is -0.0863. The summed E-state index contributed by atoms with van der Waals surface area (Å²) < 4.78 is 0. The van der Waals surface area contributed by atoms with Gasteiger partial charge in [-0.15, -0.1) is 24.8 Å². The Morgan fingerprint density at radius 3 is 2.65 bits per heavy atom. The first-order valence-corrected chi connectivity index (χ1v) is 8.86. The van der Waals surface area contributed by atoms with E-state index in [-0.39, 0.29) is 36.8 Å². The molecule has 2 N–H and O–H groups in total. The van der Waals surface area contributed by atoms with Gasteiger partial charge >= 0.3 is 0 Å². The van der Waals surface area contributed by atoms with Crippen molar-refractivity contribution in [3.8, 4) is 0 Å². The van der Waals surface area contributed by atoms with E-state index in [9.17, 15) is 4.79 Å². The van der Waals surface area contributed by atoms with Gasteiger partial charge in [-0.2, -0.15) is 11.8 Å². The molecule has 0 aliphatic carbocycles. The van der Waals surface area contributed by atoms with Gasteiger partial charge in [0.2, 0.25) is 5.91 Å². The molecule has 23 heavy (non-hydrogen) atoms. The summed E-state index contributed by atoms with van der Waals surface area (Å²) in [5, 5.41) is 6.42. The second-order valence-corrected chi connectivity index (χ2v) is 6.88. The Morgan fingerprint density at radius 2 is 1.91 bits per heavy atom. The number of halogens is 2. The number of carbonyl (C=O) groups is 1. The van der Waals surface area contributed by atoms with Crippen molar-refractivity contribution in [3.63, 3.8) is 0 Å². The maximum atomic E-state index is 12.3. The van der Waals surface area contributed by atoms with Gasteiger partial charge in [0, 0.05) is 44.2 Å². The highest BCUT2D eigenvalue weighted by Crippen LogP contribution is 2.16. The van der Waals surface area contributed by atoms with Crippen molar-refractivity contribution in [2.75, 3.05) is 37.7 Å². The van der Waals surface area contributed by atoms with Gasteiger partial charge < -0.3 is 10.6 Å². The van der Waals surface area contributed by atoms with Crippen LogP contribution in [0.4, 0.5) is 0 Å². The molecule has 0 saturated carbocycles. The van der Waals surface area contributed by atoms with Gasteiger partial charge in [0.15, 0.2) is 0 Å². The third-order valence-electron chi connectivity index (χ3n) is 4.23. The van der Waals surface area contributed by atoms with Crippen LogP contribution >= 0.6 is 36.6 Å². The van der Waals surface area contributed by atoms with E-state index in [0.717, 1.165) is 39.1 Å². The van der Waals surface area contributed by atoms with Crippen LogP contribution in [0.15, 0.2) is 24.3 Å². The van der Waals surface area contributed by atoms with E-state index in [0.29, 0.717) is 0 Å². The number of carbonyl (C=O) groups excluding carboxylic acids is 1. The molecule has 0 radical (unpaired) electrons. The molecule has 3 rings (SSSR count). The monoisotopic (exact) mass is 377 g/mol. The van der Waals surface area contributed by atoms with Crippen molar-refractivity contribution >= 4 is 42.5 Å². The van der Waals surface area contributed by atoms with Crippen molar-refractivity contribution < 1.29 is 4.79 Å². The van der Waals surface area contributed by atoms with Crippen LogP contribution in [-0.4, -0.2) is 54.5 Å². The topological polar surface area (TPSA) is 44.4 Å². The molecule has 0 spiro atoms. The van der Waals surface area contributed by atoms with E-state index in [1.807, 2.05) is 17.8 Å². The van der Waals surface area contributed by atoms with Gasteiger partial charge in [-0.1, -0.05) is 24.3 Å². The number of hydrogen-bond acceptors (Lipinski definition) is 4. The van der Waals surface area contributed by atoms with Gasteiger partial charge in [0.25, 0.3) is 0 Å². The zero-order chi connectivity index (χ0) is 14.5. The van der Waals surface area contributed by atoms with Crippen LogP contribution in [0.1, 0.15) is 11.1 Å². The Labute approximate surface area is 155 Å². The molecule has 2 heterocycles. The molecule has 2 aliphatic heterocycles. The highest BCUT2D eigenvalue weighted by Gasteiger charge is 2.23. The molecule has 7 heteroatoms. The standard InChI is InChI=1S/C16H23N3OS.2ClH/c20-16(17-5-6-19-7-9-21-10-8-19)15-11-13-3-1-2-4-14(13)12-18-15;;/h1-4,15,18H,5-12H2,(H,17,20);2*1H. The Balaban J connectivity index is 0.00000132. The maximum absolute atomic E-state index is 12.3. The number of nitrogens with one attached hydrogen (secondary N) is 2. The van der Waals surface area contributed by atoms with Gasteiger partial charge in [0.05, 0.1) is 6.04 Å². The van der Waals surface area contributed by atoms with Gasteiger partial charge in [-0.25, -0.2) is 0 Å². The largest absolute Gasteiger partial charge is 0.353 e. The molecule has 1 aromatic carbocycles. The molecule has 0 aromatic heterocycles. The molecular formula is C16H25Cl2N3OS. The third-order valence-corrected chi connectivity index (χ3v) is 5.17. The van der Waals surface area contributed by atoms with Crippen LogP contribution < -0.4 is 10.6 Å². The van der Waals surface area contributed by atoms with Crippen LogP contribution in [0.5, 0.6) is 0 Å². The fourth-order valence-electron chi connectivity index (χ4n) is 2.92. The Bertz CT molecular complexity index is 498. The first-order valence-electron chi connectivity index (χ1n) is 7.71. The van der Waals surface area contributed by atoms with Crippen molar-refractivity contribution in [1.29, 1.82) is 0 Å². The highest BCUT2D eigenvalue weighted by atomic mass is 35.5. The van der Waals surface area contributed by atoms with E-state index in [4.69, 9.17) is 0 Å². The second-order valence-electron chi connectivity index (χ2n) is 5.65. The van der Waals surface area contributed by atoms with Gasteiger partial charge in [-0.05, 0) is 17.5 Å². The summed E-state index contributed by atoms with van der Waals surface area (Å²) in [4.78, 5) is 14.7. The number of hydrogen-bond donors (Lipinski definition) is 2. The van der Waals surface area contributed by atoms with Crippen molar-refractivity contribution in [3.05, 3.63) is 35.4 Å². The SMILES string of the molecule is Cl.Cl.O=C(NCCN1CCSCC1)C1Cc2ccccc2CN1. The van der Waals surface area contributed by atoms with E-state index in [2.05, 4.69) is 33.7 Å². The molecule has 4 nitrogen and oxygen atoms in total. The number of fused-ring (bicyclic) bond motifs is 1. The lowest BCUT2D eigenvalue weighted by atomic mass is 9.95. The van der Waals surface area contributed by atoms with Crippen LogP contribution in [0, 0.1) is 0 Å². The predicted molar refractivity (Wildman–Crippen MR) is 102 cm³/mol. The van der Waals surface area contributed by atoms with Crippen molar-refractivity contribution in [2.45, 2.75) is 19.0 Å². The summed E-state index contributed by atoms with van der Waals surface area (Å²) >= 11 is 2.02. The number of nitrogens with zero attached hydrogens (tertiary/aromatic N) is 1. The minimum Gasteiger partial charge on any atom is -0.353 e. The number of thioether (sulfide) groups is 1. The zero-order valence-electron chi connectivity index (χ0n) is 13.1. The predicted octanol–water partition coefficient (Wildman–Crippen LogP) is 1.71. The third kappa shape index (κ3) is 5.84. The smallest absolute Gasteiger partial charge is 0.237 e. The average molecular weight is 378 g/mol. The number of benzene rings is 1. The van der Waals surface area contributed by atoms with E-state index >= 15 is 0 Å². The minimum absolute atomic E-state index is 0. The van der Waals surface area contributed by atoms with E-state index < -0.39 is 0 Å². The molecule has 1 aromatic rings. The first-order chi connectivity index (χ1) is 10.3. The fraction of sp³-hybridized carbons (Fsp3) is 0.562. The van der Waals surface area contributed by atoms with Gasteiger partial charge in [0.1, 0.15) is 0 Å². The summed E-state index contributed by atoms with van der Waals surface area (Å²) in [6.45, 7) is 4.81. The summed E-state index contributed by atoms with van der Waals surface area (Å²) in [7, 11) is 0. The first kappa shape index (κ1) is 20.6. The van der Waals surface area contributed by atoms with Crippen molar-refractivity contribution in [2.24, 2.45) is 0 Å². The van der Waals surface area contributed by atoms with Crippen LogP contribution in [-0.2, 0) is 17.8 Å². The number of rotatable bonds is 4. The van der Waals surface area contributed by atoms with E-state index in [1.165, 1.54) is 22.6 Å². The molecule has 1 unspecified atom stereocenters. The maximum Gasteiger partial charge on any atom is 0.237 e. The lowest BCUT2D eigenvalue weighted by Gasteiger charge is -2.28. The Hall–Kier alpha value is -0.460. The highest BCUT2D eigenvalue weighted by molar-refractivity contribution is 7.99. The number of amides is 1. The Kier molecular flexibility index (Phi) is 9.32. The second kappa shape index (κ2) is 10.4. The van der Waals surface area contributed by atoms with E-state index in [1.54, 1.807) is 0 Å². The van der Waals surface area contributed by atoms with Crippen molar-refractivity contribution in [1.82, 2.24) is 15.5 Å². The fourth-order valence-corrected chi connectivity index (χ4v) is 3.90. The summed E-state index contributed by atoms with van der Waals surface area (Å²) in [6, 6.07) is 8.27. The Morgan fingerprint density at radius 1 is 1.22 bits per heavy atom. The molecule has 1 fully saturated rings. The van der Waals surface area contributed by atoms with Crippen LogP contribution in [0.3, 0.4) is 0 Å². The molecule has 2 aliphatic rings. The normalized spacial score (nSPS) is 20.6. The lowest BCUT2D eigenvalue weighted by Crippen LogP contribution is -2.49. The van der Waals surface area contributed by atoms with Crippen LogP contribution in [0.25, 0.3) is 0 Å². The lowest BCUT2D eigenvalue weighted by molar-refractivity contribution is -0.123. The summed E-state index contributed by atoms with van der Waals surface area (Å²) in [5.74, 6) is 2.57. The molecule has 1 atom stereocenters. The molecule has 0 bridgehead atoms. The summed E-state index contributed by atoms with van der Waals surface area (Å²) in [6.07, 6.45) is 0.794. The molecule has 1 amide bonds. The van der Waals surface area contributed by atoms with Crippen LogP contribution in [0.2, 0.25) is 0 Å². The average Bonchev–Trinajstić information content (AvgIpc) is 2.55. The summed E-state index contributed by atoms with van der Waals surface area (Å²) in [5.41, 5.74) is 2.61. The van der Waals surface area contributed by atoms with Gasteiger partial charge in [-0.3, -0.25) is 9.69 Å². The molecular weight excluding hydrogens is 353 g/mol. The zero-order valence-corrected chi connectivity index (χ0v) is 15.6. The molecule has 130 valence electrons.